The first-order valence-electron chi connectivity index (χ1n) is 7.80. The molecule has 3 N–H and O–H groups in total. The SMILES string of the molecule is CCC1CCC(N(C)Cc2ccc(C(=O)NN)cn2)CC1. The molecule has 0 unspecified atom stereocenters. The lowest BCUT2D eigenvalue weighted by molar-refractivity contribution is 0.0953. The molecule has 1 aromatic heterocycles. The van der Waals surface area contributed by atoms with Gasteiger partial charge in [0.05, 0.1) is 11.3 Å². The third kappa shape index (κ3) is 4.25. The molecule has 116 valence electrons. The van der Waals surface area contributed by atoms with Gasteiger partial charge < -0.3 is 0 Å². The molecule has 0 aliphatic heterocycles. The molecule has 5 heteroatoms. The van der Waals surface area contributed by atoms with E-state index in [1.165, 1.54) is 32.1 Å². The Morgan fingerprint density at radius 1 is 1.38 bits per heavy atom. The molecule has 0 saturated heterocycles. The molecule has 1 fully saturated rings. The van der Waals surface area contributed by atoms with Crippen LogP contribution in [0.25, 0.3) is 0 Å². The van der Waals surface area contributed by atoms with Gasteiger partial charge in [-0.3, -0.25) is 20.1 Å². The summed E-state index contributed by atoms with van der Waals surface area (Å²) in [5.74, 6) is 5.72. The normalized spacial score (nSPS) is 22.3. The minimum Gasteiger partial charge on any atom is -0.298 e. The smallest absolute Gasteiger partial charge is 0.266 e. The molecule has 2 rings (SSSR count). The topological polar surface area (TPSA) is 71.2 Å². The van der Waals surface area contributed by atoms with E-state index < -0.39 is 0 Å². The number of pyridine rings is 1. The van der Waals surface area contributed by atoms with E-state index in [0.717, 1.165) is 18.2 Å². The third-order valence-corrected chi connectivity index (χ3v) is 4.65. The first kappa shape index (κ1) is 15.9. The zero-order valence-corrected chi connectivity index (χ0v) is 13.0. The number of amides is 1. The van der Waals surface area contributed by atoms with Crippen LogP contribution in [0.15, 0.2) is 18.3 Å². The molecule has 0 radical (unpaired) electrons. The Morgan fingerprint density at radius 2 is 2.10 bits per heavy atom. The quantitative estimate of drug-likeness (QED) is 0.495. The monoisotopic (exact) mass is 290 g/mol. The van der Waals surface area contributed by atoms with Gasteiger partial charge in [-0.25, -0.2) is 5.84 Å². The number of nitrogens with two attached hydrogens (primary N) is 1. The highest BCUT2D eigenvalue weighted by atomic mass is 16.2. The van der Waals surface area contributed by atoms with Crippen molar-refractivity contribution in [1.29, 1.82) is 0 Å². The summed E-state index contributed by atoms with van der Waals surface area (Å²) >= 11 is 0. The van der Waals surface area contributed by atoms with Crippen LogP contribution in [-0.4, -0.2) is 28.9 Å². The van der Waals surface area contributed by atoms with Crippen molar-refractivity contribution in [3.05, 3.63) is 29.6 Å². The second-order valence-corrected chi connectivity index (χ2v) is 6.01. The summed E-state index contributed by atoms with van der Waals surface area (Å²) in [5.41, 5.74) is 3.60. The summed E-state index contributed by atoms with van der Waals surface area (Å²) in [6.07, 6.45) is 8.14. The highest BCUT2D eigenvalue weighted by Crippen LogP contribution is 2.29. The fraction of sp³-hybridized carbons (Fsp3) is 0.625. The van der Waals surface area contributed by atoms with Crippen LogP contribution in [0, 0.1) is 5.92 Å². The molecular formula is C16H26N4O. The first-order valence-corrected chi connectivity index (χ1v) is 7.80. The number of hydrazine groups is 1. The zero-order chi connectivity index (χ0) is 15.2. The van der Waals surface area contributed by atoms with Crippen molar-refractivity contribution < 1.29 is 4.79 Å². The largest absolute Gasteiger partial charge is 0.298 e. The molecule has 1 amide bonds. The Balaban J connectivity index is 1.88. The van der Waals surface area contributed by atoms with E-state index in [2.05, 4.69) is 29.3 Å². The van der Waals surface area contributed by atoms with Crippen LogP contribution >= 0.6 is 0 Å². The van der Waals surface area contributed by atoms with Crippen molar-refractivity contribution in [2.75, 3.05) is 7.05 Å². The van der Waals surface area contributed by atoms with Crippen molar-refractivity contribution in [3.63, 3.8) is 0 Å². The summed E-state index contributed by atoms with van der Waals surface area (Å²) in [7, 11) is 2.17. The van der Waals surface area contributed by atoms with Gasteiger partial charge in [0, 0.05) is 18.8 Å². The number of aromatic nitrogens is 1. The Morgan fingerprint density at radius 3 is 2.62 bits per heavy atom. The average molecular weight is 290 g/mol. The summed E-state index contributed by atoms with van der Waals surface area (Å²) in [6, 6.07) is 4.33. The Kier molecular flexibility index (Phi) is 5.70. The molecule has 1 aromatic rings. The fourth-order valence-electron chi connectivity index (χ4n) is 3.11. The number of carbonyl (C=O) groups excluding carboxylic acids is 1. The molecule has 5 nitrogen and oxygen atoms in total. The molecule has 0 bridgehead atoms. The number of hydrogen-bond donors (Lipinski definition) is 2. The van der Waals surface area contributed by atoms with Crippen LogP contribution in [0.4, 0.5) is 0 Å². The number of nitrogen functional groups attached to an aromatic ring is 1. The second-order valence-electron chi connectivity index (χ2n) is 6.01. The molecule has 1 aliphatic carbocycles. The van der Waals surface area contributed by atoms with E-state index in [1.54, 1.807) is 12.3 Å². The van der Waals surface area contributed by atoms with Gasteiger partial charge in [-0.2, -0.15) is 0 Å². The predicted molar refractivity (Wildman–Crippen MR) is 83.4 cm³/mol. The lowest BCUT2D eigenvalue weighted by Crippen LogP contribution is -2.35. The van der Waals surface area contributed by atoms with Crippen molar-refractivity contribution in [2.24, 2.45) is 11.8 Å². The van der Waals surface area contributed by atoms with Gasteiger partial charge in [-0.15, -0.1) is 0 Å². The number of nitrogens with one attached hydrogen (secondary N) is 1. The standard InChI is InChI=1S/C16H26N4O/c1-3-12-4-8-15(9-5-12)20(2)11-14-7-6-13(10-18-14)16(21)19-17/h6-7,10,12,15H,3-5,8-9,11,17H2,1-2H3,(H,19,21). The molecular weight excluding hydrogens is 264 g/mol. The van der Waals surface area contributed by atoms with Crippen LogP contribution in [0.2, 0.25) is 0 Å². The molecule has 1 saturated carbocycles. The molecule has 0 spiro atoms. The van der Waals surface area contributed by atoms with Gasteiger partial charge in [-0.1, -0.05) is 13.3 Å². The summed E-state index contributed by atoms with van der Waals surface area (Å²) in [5, 5.41) is 0. The molecule has 1 aliphatic rings. The Bertz CT molecular complexity index is 452. The molecule has 0 atom stereocenters. The summed E-state index contributed by atoms with van der Waals surface area (Å²) in [6.45, 7) is 3.11. The summed E-state index contributed by atoms with van der Waals surface area (Å²) < 4.78 is 0. The van der Waals surface area contributed by atoms with Crippen molar-refractivity contribution >= 4 is 5.91 Å². The van der Waals surface area contributed by atoms with Crippen LogP contribution in [0.5, 0.6) is 0 Å². The van der Waals surface area contributed by atoms with Crippen LogP contribution in [-0.2, 0) is 6.54 Å². The third-order valence-electron chi connectivity index (χ3n) is 4.65. The van der Waals surface area contributed by atoms with Gasteiger partial charge in [0.25, 0.3) is 5.91 Å². The van der Waals surface area contributed by atoms with Crippen LogP contribution in [0.3, 0.4) is 0 Å². The van der Waals surface area contributed by atoms with Crippen molar-refractivity contribution in [3.8, 4) is 0 Å². The van der Waals surface area contributed by atoms with Crippen LogP contribution in [0.1, 0.15) is 55.1 Å². The summed E-state index contributed by atoms with van der Waals surface area (Å²) in [4.78, 5) is 18.1. The number of carbonyl (C=O) groups is 1. The fourth-order valence-corrected chi connectivity index (χ4v) is 3.11. The Hall–Kier alpha value is -1.46. The van der Waals surface area contributed by atoms with Gasteiger partial charge in [-0.05, 0) is 50.8 Å². The van der Waals surface area contributed by atoms with Crippen molar-refractivity contribution in [1.82, 2.24) is 15.3 Å². The van der Waals surface area contributed by atoms with Gasteiger partial charge >= 0.3 is 0 Å². The minimum atomic E-state index is -0.305. The molecule has 1 heterocycles. The van der Waals surface area contributed by atoms with E-state index in [0.29, 0.717) is 11.6 Å². The Labute approximate surface area is 126 Å². The van der Waals surface area contributed by atoms with Crippen molar-refractivity contribution in [2.45, 2.75) is 51.6 Å². The molecule has 0 aromatic carbocycles. The lowest BCUT2D eigenvalue weighted by Gasteiger charge is -2.34. The first-order chi connectivity index (χ1) is 10.1. The average Bonchev–Trinajstić information content (AvgIpc) is 2.55. The maximum Gasteiger partial charge on any atom is 0.266 e. The lowest BCUT2D eigenvalue weighted by atomic mass is 9.84. The van der Waals surface area contributed by atoms with E-state index in [9.17, 15) is 4.79 Å². The minimum absolute atomic E-state index is 0.305. The maximum atomic E-state index is 11.4. The van der Waals surface area contributed by atoms with E-state index >= 15 is 0 Å². The van der Waals surface area contributed by atoms with E-state index in [1.807, 2.05) is 6.07 Å². The van der Waals surface area contributed by atoms with Gasteiger partial charge in [0.2, 0.25) is 0 Å². The van der Waals surface area contributed by atoms with Gasteiger partial charge in [0.15, 0.2) is 0 Å². The highest BCUT2D eigenvalue weighted by molar-refractivity contribution is 5.93. The predicted octanol–water partition coefficient (Wildman–Crippen LogP) is 2.09. The number of hydrogen-bond acceptors (Lipinski definition) is 4. The highest BCUT2D eigenvalue weighted by Gasteiger charge is 2.23. The number of nitrogens with zero attached hydrogens (tertiary/aromatic N) is 2. The second kappa shape index (κ2) is 7.52. The van der Waals surface area contributed by atoms with E-state index in [4.69, 9.17) is 5.84 Å². The van der Waals surface area contributed by atoms with Gasteiger partial charge in [0.1, 0.15) is 0 Å². The number of rotatable bonds is 5. The maximum absolute atomic E-state index is 11.4. The zero-order valence-electron chi connectivity index (χ0n) is 13.0. The molecule has 21 heavy (non-hydrogen) atoms. The van der Waals surface area contributed by atoms with Crippen LogP contribution < -0.4 is 11.3 Å². The van der Waals surface area contributed by atoms with E-state index in [-0.39, 0.29) is 5.91 Å².